The molecule has 8 heavy (non-hydrogen) atoms. The fourth-order valence-electron chi connectivity index (χ4n) is 0.624. The molecule has 0 aromatic rings. The Morgan fingerprint density at radius 1 is 1.88 bits per heavy atom. The zero-order valence-corrected chi connectivity index (χ0v) is 4.83. The van der Waals surface area contributed by atoms with Crippen molar-refractivity contribution in [1.29, 1.82) is 5.26 Å². The van der Waals surface area contributed by atoms with Gasteiger partial charge in [-0.25, -0.2) is 0 Å². The highest BCUT2D eigenvalue weighted by Crippen LogP contribution is 2.15. The van der Waals surface area contributed by atoms with Gasteiger partial charge in [0, 0.05) is 0 Å². The SMILES string of the molecule is CC=CN1CC1C#N. The third kappa shape index (κ3) is 0.812. The van der Waals surface area contributed by atoms with E-state index in [9.17, 15) is 0 Å². The molecule has 1 heterocycles. The van der Waals surface area contributed by atoms with Crippen LogP contribution >= 0.6 is 0 Å². The first-order valence-electron chi connectivity index (χ1n) is 2.66. The molecule has 1 aliphatic heterocycles. The zero-order chi connectivity index (χ0) is 5.98. The van der Waals surface area contributed by atoms with Gasteiger partial charge in [0.2, 0.25) is 0 Å². The Bertz CT molecular complexity index is 143. The monoisotopic (exact) mass is 108 g/mol. The second-order valence-corrected chi connectivity index (χ2v) is 1.82. The van der Waals surface area contributed by atoms with Gasteiger partial charge in [-0.3, -0.25) is 0 Å². The van der Waals surface area contributed by atoms with E-state index in [0.29, 0.717) is 0 Å². The Hall–Kier alpha value is -0.970. The molecule has 0 aromatic heterocycles. The van der Waals surface area contributed by atoms with Crippen molar-refractivity contribution < 1.29 is 0 Å². The maximum atomic E-state index is 8.28. The van der Waals surface area contributed by atoms with E-state index in [-0.39, 0.29) is 6.04 Å². The van der Waals surface area contributed by atoms with Crippen molar-refractivity contribution >= 4 is 0 Å². The van der Waals surface area contributed by atoms with Crippen LogP contribution in [0.25, 0.3) is 0 Å². The molecular formula is C6H8N2. The Morgan fingerprint density at radius 2 is 2.62 bits per heavy atom. The summed E-state index contributed by atoms with van der Waals surface area (Å²) in [5.41, 5.74) is 0. The van der Waals surface area contributed by atoms with E-state index in [2.05, 4.69) is 6.07 Å². The topological polar surface area (TPSA) is 26.8 Å². The van der Waals surface area contributed by atoms with Crippen molar-refractivity contribution in [1.82, 2.24) is 4.90 Å². The van der Waals surface area contributed by atoms with Crippen LogP contribution in [0.2, 0.25) is 0 Å². The number of hydrogen-bond acceptors (Lipinski definition) is 2. The number of rotatable bonds is 1. The van der Waals surface area contributed by atoms with Gasteiger partial charge in [0.15, 0.2) is 0 Å². The third-order valence-corrected chi connectivity index (χ3v) is 1.14. The number of nitriles is 1. The lowest BCUT2D eigenvalue weighted by atomic mass is 10.5. The van der Waals surface area contributed by atoms with Crippen LogP contribution in [0.3, 0.4) is 0 Å². The summed E-state index contributed by atoms with van der Waals surface area (Å²) < 4.78 is 0. The molecule has 42 valence electrons. The summed E-state index contributed by atoms with van der Waals surface area (Å²) in [6.07, 6.45) is 3.88. The van der Waals surface area contributed by atoms with Crippen molar-refractivity contribution in [2.45, 2.75) is 13.0 Å². The van der Waals surface area contributed by atoms with Crippen LogP contribution in [0.15, 0.2) is 12.3 Å². The van der Waals surface area contributed by atoms with E-state index in [4.69, 9.17) is 5.26 Å². The molecule has 1 atom stereocenters. The minimum absolute atomic E-state index is 0.172. The van der Waals surface area contributed by atoms with Gasteiger partial charge in [0.25, 0.3) is 0 Å². The molecular weight excluding hydrogens is 100 g/mol. The molecule has 0 radical (unpaired) electrons. The predicted octanol–water partition coefficient (Wildman–Crippen LogP) is 0.728. The molecule has 2 nitrogen and oxygen atoms in total. The lowest BCUT2D eigenvalue weighted by molar-refractivity contribution is 0.732. The average molecular weight is 108 g/mol. The second kappa shape index (κ2) is 1.87. The maximum Gasteiger partial charge on any atom is 0.134 e. The summed E-state index contributed by atoms with van der Waals surface area (Å²) in [5, 5.41) is 8.28. The highest BCUT2D eigenvalue weighted by Gasteiger charge is 2.29. The largest absolute Gasteiger partial charge is 0.358 e. The smallest absolute Gasteiger partial charge is 0.134 e. The van der Waals surface area contributed by atoms with E-state index in [1.54, 1.807) is 0 Å². The van der Waals surface area contributed by atoms with Crippen LogP contribution in [-0.4, -0.2) is 17.5 Å². The van der Waals surface area contributed by atoms with Crippen molar-refractivity contribution in [3.63, 3.8) is 0 Å². The molecule has 0 saturated carbocycles. The van der Waals surface area contributed by atoms with Gasteiger partial charge < -0.3 is 4.90 Å². The zero-order valence-electron chi connectivity index (χ0n) is 4.83. The highest BCUT2D eigenvalue weighted by molar-refractivity contribution is 5.10. The van der Waals surface area contributed by atoms with Gasteiger partial charge in [0.1, 0.15) is 6.04 Å². The van der Waals surface area contributed by atoms with Crippen LogP contribution in [0.1, 0.15) is 6.92 Å². The number of nitrogens with zero attached hydrogens (tertiary/aromatic N) is 2. The Morgan fingerprint density at radius 3 is 3.00 bits per heavy atom. The standard InChI is InChI=1S/C6H8N2/c1-2-3-8-5-6(8)4-7/h2-3,6H,5H2,1H3. The molecule has 0 aliphatic carbocycles. The van der Waals surface area contributed by atoms with Crippen molar-refractivity contribution in [2.75, 3.05) is 6.54 Å². The van der Waals surface area contributed by atoms with Crippen LogP contribution < -0.4 is 0 Å². The first-order valence-corrected chi connectivity index (χ1v) is 2.66. The molecule has 0 aromatic carbocycles. The minimum atomic E-state index is 0.172. The maximum absolute atomic E-state index is 8.28. The molecule has 2 heteroatoms. The van der Waals surface area contributed by atoms with Crippen molar-refractivity contribution in [2.24, 2.45) is 0 Å². The van der Waals surface area contributed by atoms with Crippen LogP contribution in [0, 0.1) is 11.3 Å². The van der Waals surface area contributed by atoms with Gasteiger partial charge in [-0.1, -0.05) is 6.08 Å². The lowest BCUT2D eigenvalue weighted by Gasteiger charge is -1.84. The molecule has 0 amide bonds. The average Bonchev–Trinajstić information content (AvgIpc) is 2.48. The normalized spacial score (nSPS) is 26.0. The number of hydrogen-bond donors (Lipinski definition) is 0. The number of allylic oxidation sites excluding steroid dienone is 1. The van der Waals surface area contributed by atoms with E-state index < -0.39 is 0 Å². The first kappa shape index (κ1) is 5.17. The molecule has 1 fully saturated rings. The van der Waals surface area contributed by atoms with Gasteiger partial charge >= 0.3 is 0 Å². The van der Waals surface area contributed by atoms with Gasteiger partial charge in [-0.05, 0) is 13.1 Å². The van der Waals surface area contributed by atoms with E-state index in [1.165, 1.54) is 0 Å². The van der Waals surface area contributed by atoms with E-state index >= 15 is 0 Å². The van der Waals surface area contributed by atoms with Crippen LogP contribution in [-0.2, 0) is 0 Å². The molecule has 0 N–H and O–H groups in total. The molecule has 1 saturated heterocycles. The highest BCUT2D eigenvalue weighted by atomic mass is 15.3. The van der Waals surface area contributed by atoms with Crippen molar-refractivity contribution in [3.8, 4) is 6.07 Å². The van der Waals surface area contributed by atoms with Gasteiger partial charge in [-0.2, -0.15) is 5.26 Å². The second-order valence-electron chi connectivity index (χ2n) is 1.82. The summed E-state index contributed by atoms with van der Waals surface area (Å²) in [5.74, 6) is 0. The quantitative estimate of drug-likeness (QED) is 0.463. The van der Waals surface area contributed by atoms with Gasteiger partial charge in [-0.15, -0.1) is 0 Å². The molecule has 0 bridgehead atoms. The Labute approximate surface area is 49.0 Å². The summed E-state index contributed by atoms with van der Waals surface area (Å²) in [6, 6.07) is 2.32. The Balaban J connectivity index is 2.29. The summed E-state index contributed by atoms with van der Waals surface area (Å²) in [6.45, 7) is 2.87. The van der Waals surface area contributed by atoms with E-state index in [1.807, 2.05) is 24.1 Å². The van der Waals surface area contributed by atoms with Crippen molar-refractivity contribution in [3.05, 3.63) is 12.3 Å². The minimum Gasteiger partial charge on any atom is -0.358 e. The van der Waals surface area contributed by atoms with Crippen LogP contribution in [0.4, 0.5) is 0 Å². The molecule has 0 spiro atoms. The first-order chi connectivity index (χ1) is 3.88. The Kier molecular flexibility index (Phi) is 1.21. The fourth-order valence-corrected chi connectivity index (χ4v) is 0.624. The molecule has 1 unspecified atom stereocenters. The predicted molar refractivity (Wildman–Crippen MR) is 30.9 cm³/mol. The summed E-state index contributed by atoms with van der Waals surface area (Å²) in [4.78, 5) is 1.99. The lowest BCUT2D eigenvalue weighted by Crippen LogP contribution is -1.86. The summed E-state index contributed by atoms with van der Waals surface area (Å²) >= 11 is 0. The third-order valence-electron chi connectivity index (χ3n) is 1.14. The van der Waals surface area contributed by atoms with E-state index in [0.717, 1.165) is 6.54 Å². The molecule has 1 rings (SSSR count). The fraction of sp³-hybridized carbons (Fsp3) is 0.500. The molecule has 1 aliphatic rings. The van der Waals surface area contributed by atoms with Gasteiger partial charge in [0.05, 0.1) is 12.6 Å². The summed E-state index contributed by atoms with van der Waals surface area (Å²) in [7, 11) is 0. The van der Waals surface area contributed by atoms with Crippen LogP contribution in [0.5, 0.6) is 0 Å².